The molecule has 0 bridgehead atoms. The van der Waals surface area contributed by atoms with E-state index < -0.39 is 27.8 Å². The summed E-state index contributed by atoms with van der Waals surface area (Å²) < 4.78 is 29.4. The van der Waals surface area contributed by atoms with Crippen LogP contribution in [-0.2, 0) is 19.6 Å². The molecular formula is C18H16N2O6S. The zero-order valence-electron chi connectivity index (χ0n) is 14.3. The van der Waals surface area contributed by atoms with Gasteiger partial charge >= 0.3 is 5.97 Å². The van der Waals surface area contributed by atoms with Crippen LogP contribution in [0.1, 0.15) is 27.1 Å². The number of ether oxygens (including phenoxy) is 1. The van der Waals surface area contributed by atoms with Crippen molar-refractivity contribution < 1.29 is 27.5 Å². The predicted molar refractivity (Wildman–Crippen MR) is 98.1 cm³/mol. The first kappa shape index (κ1) is 18.6. The lowest BCUT2D eigenvalue weighted by Crippen LogP contribution is -2.29. The molecule has 8 nitrogen and oxygen atoms in total. The summed E-state index contributed by atoms with van der Waals surface area (Å²) in [5.74, 6) is -1.73. The van der Waals surface area contributed by atoms with Crippen molar-refractivity contribution in [3.8, 4) is 0 Å². The van der Waals surface area contributed by atoms with Gasteiger partial charge in [-0.2, -0.15) is 0 Å². The van der Waals surface area contributed by atoms with E-state index in [9.17, 15) is 22.8 Å². The Balaban J connectivity index is 1.80. The Labute approximate surface area is 155 Å². The highest BCUT2D eigenvalue weighted by molar-refractivity contribution is 7.94. The van der Waals surface area contributed by atoms with Gasteiger partial charge in [0.25, 0.3) is 5.91 Å². The summed E-state index contributed by atoms with van der Waals surface area (Å²) >= 11 is 0. The number of esters is 1. The van der Waals surface area contributed by atoms with E-state index in [1.807, 2.05) is 0 Å². The summed E-state index contributed by atoms with van der Waals surface area (Å²) in [7, 11) is -2.42. The van der Waals surface area contributed by atoms with Gasteiger partial charge in [0.15, 0.2) is 0 Å². The van der Waals surface area contributed by atoms with Crippen LogP contribution in [0.3, 0.4) is 0 Å². The highest BCUT2D eigenvalue weighted by Gasteiger charge is 2.36. The molecule has 0 saturated carbocycles. The van der Waals surface area contributed by atoms with Crippen molar-refractivity contribution in [1.82, 2.24) is 0 Å². The molecule has 0 spiro atoms. The average Bonchev–Trinajstić information content (AvgIpc) is 2.94. The molecule has 1 heterocycles. The lowest BCUT2D eigenvalue weighted by molar-refractivity contribution is -0.116. The van der Waals surface area contributed by atoms with E-state index >= 15 is 0 Å². The Bertz CT molecular complexity index is 1010. The number of hydrogen-bond acceptors (Lipinski definition) is 6. The number of amides is 2. The molecule has 1 N–H and O–H groups in total. The number of carbonyl (C=O) groups excluding carboxylic acids is 3. The topological polar surface area (TPSA) is 110 Å². The minimum absolute atomic E-state index is 0.0781. The van der Waals surface area contributed by atoms with Crippen molar-refractivity contribution in [3.63, 3.8) is 0 Å². The molecule has 0 aliphatic carbocycles. The third kappa shape index (κ3) is 3.82. The number of sulfonamides is 1. The van der Waals surface area contributed by atoms with E-state index in [1.165, 1.54) is 43.5 Å². The number of anilines is 2. The second kappa shape index (κ2) is 7.20. The predicted octanol–water partition coefficient (Wildman–Crippen LogP) is 1.79. The molecule has 9 heteroatoms. The first-order valence-corrected chi connectivity index (χ1v) is 9.58. The van der Waals surface area contributed by atoms with E-state index in [0.717, 1.165) is 4.31 Å². The van der Waals surface area contributed by atoms with Crippen LogP contribution in [0.2, 0.25) is 0 Å². The molecule has 140 valence electrons. The summed E-state index contributed by atoms with van der Waals surface area (Å²) in [5, 5.41) is 2.65. The average molecular weight is 388 g/mol. The largest absolute Gasteiger partial charge is 0.465 e. The number of nitrogens with one attached hydrogen (secondary N) is 1. The minimum Gasteiger partial charge on any atom is -0.465 e. The third-order valence-electron chi connectivity index (χ3n) is 3.99. The van der Waals surface area contributed by atoms with Crippen LogP contribution < -0.4 is 9.62 Å². The number of rotatable bonds is 4. The summed E-state index contributed by atoms with van der Waals surface area (Å²) in [4.78, 5) is 35.7. The van der Waals surface area contributed by atoms with Gasteiger partial charge < -0.3 is 10.1 Å². The molecule has 1 fully saturated rings. The summed E-state index contributed by atoms with van der Waals surface area (Å²) in [6, 6.07) is 11.9. The highest BCUT2D eigenvalue weighted by Crippen LogP contribution is 2.26. The van der Waals surface area contributed by atoms with Crippen molar-refractivity contribution in [2.45, 2.75) is 6.42 Å². The Kier molecular flexibility index (Phi) is 4.95. The van der Waals surface area contributed by atoms with Gasteiger partial charge in [-0.15, -0.1) is 0 Å². The lowest BCUT2D eigenvalue weighted by atomic mass is 10.1. The van der Waals surface area contributed by atoms with Gasteiger partial charge in [0.1, 0.15) is 0 Å². The van der Waals surface area contributed by atoms with E-state index in [4.69, 9.17) is 0 Å². The van der Waals surface area contributed by atoms with Gasteiger partial charge in [-0.05, 0) is 42.5 Å². The maximum atomic E-state index is 12.4. The number of methoxy groups -OCH3 is 1. The van der Waals surface area contributed by atoms with Crippen molar-refractivity contribution in [1.29, 1.82) is 0 Å². The summed E-state index contributed by atoms with van der Waals surface area (Å²) in [6.07, 6.45) is -0.0781. The number of nitrogens with zero attached hydrogens (tertiary/aromatic N) is 1. The van der Waals surface area contributed by atoms with Gasteiger partial charge in [-0.1, -0.05) is 6.07 Å². The zero-order chi connectivity index (χ0) is 19.6. The standard InChI is InChI=1S/C18H16N2O6S/c1-26-18(23)12-5-7-14(8-6-12)19-17(22)13-3-2-4-15(11-13)20-16(21)9-10-27(20,24)25/h2-8,11H,9-10H2,1H3,(H,19,22). The molecule has 1 aliphatic heterocycles. The molecular weight excluding hydrogens is 372 g/mol. The van der Waals surface area contributed by atoms with Gasteiger partial charge in [0, 0.05) is 17.7 Å². The second-order valence-electron chi connectivity index (χ2n) is 5.80. The smallest absolute Gasteiger partial charge is 0.337 e. The molecule has 0 unspecified atom stereocenters. The van der Waals surface area contributed by atoms with E-state index in [2.05, 4.69) is 10.1 Å². The van der Waals surface area contributed by atoms with Crippen LogP contribution in [0.4, 0.5) is 11.4 Å². The zero-order valence-corrected chi connectivity index (χ0v) is 15.2. The SMILES string of the molecule is COC(=O)c1ccc(NC(=O)c2cccc(N3C(=O)CCS3(=O)=O)c2)cc1. The Morgan fingerprint density at radius 1 is 1.07 bits per heavy atom. The Morgan fingerprint density at radius 3 is 2.37 bits per heavy atom. The first-order valence-electron chi connectivity index (χ1n) is 7.97. The number of benzene rings is 2. The molecule has 1 aliphatic rings. The van der Waals surface area contributed by atoms with Crippen LogP contribution >= 0.6 is 0 Å². The van der Waals surface area contributed by atoms with Crippen molar-refractivity contribution in [2.75, 3.05) is 22.5 Å². The number of hydrogen-bond donors (Lipinski definition) is 1. The van der Waals surface area contributed by atoms with Crippen LogP contribution in [0, 0.1) is 0 Å². The molecule has 2 aromatic rings. The monoisotopic (exact) mass is 388 g/mol. The van der Waals surface area contributed by atoms with Gasteiger partial charge in [-0.3, -0.25) is 9.59 Å². The van der Waals surface area contributed by atoms with Crippen LogP contribution in [0.5, 0.6) is 0 Å². The van der Waals surface area contributed by atoms with E-state index in [-0.39, 0.29) is 23.4 Å². The molecule has 0 radical (unpaired) electrons. The second-order valence-corrected chi connectivity index (χ2v) is 7.73. The van der Waals surface area contributed by atoms with E-state index in [1.54, 1.807) is 12.1 Å². The molecule has 0 atom stereocenters. The first-order chi connectivity index (χ1) is 12.8. The van der Waals surface area contributed by atoms with Gasteiger partial charge in [-0.25, -0.2) is 17.5 Å². The fourth-order valence-electron chi connectivity index (χ4n) is 2.65. The van der Waals surface area contributed by atoms with Gasteiger partial charge in [0.05, 0.1) is 24.1 Å². The van der Waals surface area contributed by atoms with Gasteiger partial charge in [0.2, 0.25) is 15.9 Å². The maximum absolute atomic E-state index is 12.4. The van der Waals surface area contributed by atoms with Crippen LogP contribution in [0.25, 0.3) is 0 Å². The van der Waals surface area contributed by atoms with Crippen LogP contribution in [0.15, 0.2) is 48.5 Å². The lowest BCUT2D eigenvalue weighted by Gasteiger charge is -2.15. The third-order valence-corrected chi connectivity index (χ3v) is 5.68. The maximum Gasteiger partial charge on any atom is 0.337 e. The molecule has 1 saturated heterocycles. The molecule has 3 rings (SSSR count). The highest BCUT2D eigenvalue weighted by atomic mass is 32.2. The fraction of sp³-hybridized carbons (Fsp3) is 0.167. The minimum atomic E-state index is -3.70. The van der Waals surface area contributed by atoms with Crippen molar-refractivity contribution in [2.24, 2.45) is 0 Å². The molecule has 2 aromatic carbocycles. The fourth-order valence-corrected chi connectivity index (χ4v) is 4.10. The van der Waals surface area contributed by atoms with Crippen molar-refractivity contribution in [3.05, 3.63) is 59.7 Å². The summed E-state index contributed by atoms with van der Waals surface area (Å²) in [6.45, 7) is 0. The summed E-state index contributed by atoms with van der Waals surface area (Å²) in [5.41, 5.74) is 1.11. The number of carbonyl (C=O) groups is 3. The normalized spacial score (nSPS) is 15.4. The Hall–Kier alpha value is -3.20. The Morgan fingerprint density at radius 2 is 1.78 bits per heavy atom. The quantitative estimate of drug-likeness (QED) is 0.800. The molecule has 0 aromatic heterocycles. The van der Waals surface area contributed by atoms with Crippen LogP contribution in [-0.4, -0.2) is 39.1 Å². The molecule has 27 heavy (non-hydrogen) atoms. The van der Waals surface area contributed by atoms with Crippen molar-refractivity contribution >= 4 is 39.2 Å². The molecule has 2 amide bonds. The van der Waals surface area contributed by atoms with E-state index in [0.29, 0.717) is 11.3 Å².